The molecule has 1 N–H and O–H groups in total. The lowest BCUT2D eigenvalue weighted by Crippen LogP contribution is -2.28. The lowest BCUT2D eigenvalue weighted by Gasteiger charge is -2.30. The Bertz CT molecular complexity index is 504. The molecule has 1 aromatic carbocycles. The summed E-state index contributed by atoms with van der Waals surface area (Å²) in [5.41, 5.74) is 1.85. The predicted molar refractivity (Wildman–Crippen MR) is 75.8 cm³/mol. The van der Waals surface area contributed by atoms with Crippen LogP contribution >= 0.6 is 0 Å². The predicted octanol–water partition coefficient (Wildman–Crippen LogP) is 3.08. The molecule has 0 unspecified atom stereocenters. The van der Waals surface area contributed by atoms with E-state index >= 15 is 0 Å². The van der Waals surface area contributed by atoms with Gasteiger partial charge in [0.15, 0.2) is 0 Å². The van der Waals surface area contributed by atoms with Gasteiger partial charge in [0.25, 0.3) is 0 Å². The summed E-state index contributed by atoms with van der Waals surface area (Å²) in [6, 6.07) is 10.4. The molecule has 2 rings (SSSR count). The van der Waals surface area contributed by atoms with Crippen molar-refractivity contribution in [3.8, 4) is 0 Å². The number of hydrogen-bond acceptors (Lipinski definition) is 3. The normalized spacial score (nSPS) is 11.5. The van der Waals surface area contributed by atoms with E-state index in [1.54, 1.807) is 12.4 Å². The van der Waals surface area contributed by atoms with Crippen LogP contribution in [0.5, 0.6) is 0 Å². The minimum Gasteiger partial charge on any atom is -0.392 e. The first kappa shape index (κ1) is 13.7. The van der Waals surface area contributed by atoms with Crippen molar-refractivity contribution in [1.82, 2.24) is 9.97 Å². The van der Waals surface area contributed by atoms with Crippen molar-refractivity contribution in [1.29, 1.82) is 0 Å². The minimum atomic E-state index is -0.144. The Balaban J connectivity index is 2.49. The van der Waals surface area contributed by atoms with Crippen molar-refractivity contribution in [2.24, 2.45) is 0 Å². The highest BCUT2D eigenvalue weighted by molar-refractivity contribution is 5.32. The first-order valence-electron chi connectivity index (χ1n) is 6.74. The van der Waals surface area contributed by atoms with Gasteiger partial charge in [-0.3, -0.25) is 0 Å². The second-order valence-electron chi connectivity index (χ2n) is 4.73. The Morgan fingerprint density at radius 1 is 1.00 bits per heavy atom. The van der Waals surface area contributed by atoms with Gasteiger partial charge in [-0.25, -0.2) is 9.97 Å². The molecule has 100 valence electrons. The van der Waals surface area contributed by atoms with Crippen LogP contribution < -0.4 is 0 Å². The van der Waals surface area contributed by atoms with Crippen LogP contribution in [0.1, 0.15) is 43.6 Å². The van der Waals surface area contributed by atoms with E-state index in [9.17, 15) is 0 Å². The smallest absolute Gasteiger partial charge is 0.138 e. The summed E-state index contributed by atoms with van der Waals surface area (Å²) in [5, 5.41) is 9.08. The molecule has 0 radical (unpaired) electrons. The summed E-state index contributed by atoms with van der Waals surface area (Å²) >= 11 is 0. The fraction of sp³-hybridized carbons (Fsp3) is 0.375. The second-order valence-corrected chi connectivity index (χ2v) is 4.73. The Hall–Kier alpha value is -1.74. The maximum Gasteiger partial charge on any atom is 0.138 e. The molecule has 0 aliphatic rings. The van der Waals surface area contributed by atoms with Gasteiger partial charge in [-0.2, -0.15) is 0 Å². The monoisotopic (exact) mass is 256 g/mol. The molecule has 0 bridgehead atoms. The summed E-state index contributed by atoms with van der Waals surface area (Å²) in [6.07, 6.45) is 5.33. The maximum absolute atomic E-state index is 9.08. The number of benzene rings is 1. The standard InChI is InChI=1S/C16H20N2O/c1-3-16(4-2,14-8-6-5-7-9-14)15-17-10-13(12-19)11-18-15/h5-11,19H,3-4,12H2,1-2H3. The summed E-state index contributed by atoms with van der Waals surface area (Å²) in [4.78, 5) is 8.94. The van der Waals surface area contributed by atoms with Gasteiger partial charge >= 0.3 is 0 Å². The topological polar surface area (TPSA) is 46.0 Å². The largest absolute Gasteiger partial charge is 0.392 e. The van der Waals surface area contributed by atoms with E-state index in [0.717, 1.165) is 24.2 Å². The lowest BCUT2D eigenvalue weighted by molar-refractivity contribution is 0.280. The SMILES string of the molecule is CCC(CC)(c1ccccc1)c1ncc(CO)cn1. The summed E-state index contributed by atoms with van der Waals surface area (Å²) in [7, 11) is 0. The van der Waals surface area contributed by atoms with Crippen LogP contribution in [-0.4, -0.2) is 15.1 Å². The van der Waals surface area contributed by atoms with Crippen LogP contribution in [0.4, 0.5) is 0 Å². The van der Waals surface area contributed by atoms with Crippen molar-refractivity contribution >= 4 is 0 Å². The third-order valence-corrected chi connectivity index (χ3v) is 3.85. The first-order chi connectivity index (χ1) is 9.26. The number of rotatable bonds is 5. The molecular weight excluding hydrogens is 236 g/mol. The van der Waals surface area contributed by atoms with Crippen LogP contribution in [-0.2, 0) is 12.0 Å². The van der Waals surface area contributed by atoms with E-state index < -0.39 is 0 Å². The zero-order valence-electron chi connectivity index (χ0n) is 11.5. The molecule has 0 fully saturated rings. The van der Waals surface area contributed by atoms with Gasteiger partial charge in [0, 0.05) is 18.0 Å². The number of aliphatic hydroxyl groups is 1. The van der Waals surface area contributed by atoms with Crippen molar-refractivity contribution in [2.75, 3.05) is 0 Å². The van der Waals surface area contributed by atoms with Gasteiger partial charge in [0.2, 0.25) is 0 Å². The molecule has 0 aliphatic heterocycles. The average molecular weight is 256 g/mol. The van der Waals surface area contributed by atoms with Gasteiger partial charge in [0.1, 0.15) is 5.82 Å². The third-order valence-electron chi connectivity index (χ3n) is 3.85. The highest BCUT2D eigenvalue weighted by Gasteiger charge is 2.33. The van der Waals surface area contributed by atoms with Gasteiger partial charge < -0.3 is 5.11 Å². The van der Waals surface area contributed by atoms with Gasteiger partial charge in [-0.05, 0) is 18.4 Å². The number of nitrogens with zero attached hydrogens (tertiary/aromatic N) is 2. The van der Waals surface area contributed by atoms with Gasteiger partial charge in [-0.15, -0.1) is 0 Å². The molecule has 0 amide bonds. The molecule has 0 spiro atoms. The first-order valence-corrected chi connectivity index (χ1v) is 6.74. The van der Waals surface area contributed by atoms with Crippen LogP contribution in [0, 0.1) is 0 Å². The van der Waals surface area contributed by atoms with Crippen LogP contribution in [0.2, 0.25) is 0 Å². The molecule has 3 heteroatoms. The molecule has 1 heterocycles. The molecule has 0 saturated carbocycles. The van der Waals surface area contributed by atoms with E-state index in [2.05, 4.69) is 48.1 Å². The van der Waals surface area contributed by atoms with Crippen molar-refractivity contribution in [3.05, 3.63) is 59.7 Å². The quantitative estimate of drug-likeness (QED) is 0.894. The number of aliphatic hydroxyl groups excluding tert-OH is 1. The molecular formula is C16H20N2O. The lowest BCUT2D eigenvalue weighted by atomic mass is 9.75. The number of aromatic nitrogens is 2. The third kappa shape index (κ3) is 2.51. The van der Waals surface area contributed by atoms with Crippen LogP contribution in [0.15, 0.2) is 42.7 Å². The summed E-state index contributed by atoms with van der Waals surface area (Å²) in [6.45, 7) is 4.32. The molecule has 0 atom stereocenters. The van der Waals surface area contributed by atoms with E-state index in [1.165, 1.54) is 5.56 Å². The van der Waals surface area contributed by atoms with Crippen molar-refractivity contribution < 1.29 is 5.11 Å². The molecule has 3 nitrogen and oxygen atoms in total. The second kappa shape index (κ2) is 5.93. The minimum absolute atomic E-state index is 0.0170. The van der Waals surface area contributed by atoms with E-state index in [0.29, 0.717) is 0 Å². The van der Waals surface area contributed by atoms with Crippen LogP contribution in [0.3, 0.4) is 0 Å². The Morgan fingerprint density at radius 3 is 2.05 bits per heavy atom. The highest BCUT2D eigenvalue weighted by Crippen LogP contribution is 2.36. The summed E-state index contributed by atoms with van der Waals surface area (Å²) in [5.74, 6) is 0.834. The molecule has 0 saturated heterocycles. The molecule has 19 heavy (non-hydrogen) atoms. The Kier molecular flexibility index (Phi) is 4.27. The Morgan fingerprint density at radius 2 is 1.58 bits per heavy atom. The fourth-order valence-corrected chi connectivity index (χ4v) is 2.54. The molecule has 1 aromatic heterocycles. The van der Waals surface area contributed by atoms with Crippen LogP contribution in [0.25, 0.3) is 0 Å². The van der Waals surface area contributed by atoms with Crippen molar-refractivity contribution in [2.45, 2.75) is 38.7 Å². The summed E-state index contributed by atoms with van der Waals surface area (Å²) < 4.78 is 0. The van der Waals surface area contributed by atoms with E-state index in [4.69, 9.17) is 5.11 Å². The molecule has 0 aliphatic carbocycles. The van der Waals surface area contributed by atoms with Gasteiger partial charge in [-0.1, -0.05) is 44.2 Å². The van der Waals surface area contributed by atoms with Crippen molar-refractivity contribution in [3.63, 3.8) is 0 Å². The van der Waals surface area contributed by atoms with E-state index in [1.807, 2.05) is 6.07 Å². The Labute approximate surface area is 114 Å². The maximum atomic E-state index is 9.08. The average Bonchev–Trinajstić information content (AvgIpc) is 2.51. The fourth-order valence-electron chi connectivity index (χ4n) is 2.54. The molecule has 2 aromatic rings. The zero-order valence-corrected chi connectivity index (χ0v) is 11.5. The van der Waals surface area contributed by atoms with Gasteiger partial charge in [0.05, 0.1) is 12.0 Å². The number of hydrogen-bond donors (Lipinski definition) is 1. The highest BCUT2D eigenvalue weighted by atomic mass is 16.3. The van der Waals surface area contributed by atoms with E-state index in [-0.39, 0.29) is 12.0 Å². The zero-order chi connectivity index (χ0) is 13.7.